The van der Waals surface area contributed by atoms with Gasteiger partial charge in [-0.05, 0) is 18.6 Å². The van der Waals surface area contributed by atoms with Crippen molar-refractivity contribution >= 4 is 0 Å². The van der Waals surface area contributed by atoms with E-state index >= 15 is 0 Å². The Morgan fingerprint density at radius 1 is 1.80 bits per heavy atom. The van der Waals surface area contributed by atoms with E-state index in [0.717, 1.165) is 12.1 Å². The van der Waals surface area contributed by atoms with Crippen LogP contribution in [0, 0.1) is 0 Å². The molecule has 0 bridgehead atoms. The zero-order valence-electron chi connectivity index (χ0n) is 5.88. The molecule has 10 heavy (non-hydrogen) atoms. The summed E-state index contributed by atoms with van der Waals surface area (Å²) in [7, 11) is 0. The van der Waals surface area contributed by atoms with Crippen molar-refractivity contribution < 1.29 is 0 Å². The molecular formula is C8H12N2. The Kier molecular flexibility index (Phi) is 2.29. The Morgan fingerprint density at radius 3 is 3.10 bits per heavy atom. The number of nitrogens with two attached hydrogens (primary N) is 1. The number of rotatable bonds is 3. The first kappa shape index (κ1) is 7.09. The molecule has 0 aliphatic rings. The molecule has 1 unspecified atom stereocenters. The third-order valence-electron chi connectivity index (χ3n) is 1.44. The lowest BCUT2D eigenvalue weighted by molar-refractivity contribution is 0.720. The van der Waals surface area contributed by atoms with Crippen LogP contribution in [0.3, 0.4) is 0 Å². The highest BCUT2D eigenvalue weighted by molar-refractivity contribution is 5.09. The van der Waals surface area contributed by atoms with E-state index in [2.05, 4.69) is 11.6 Å². The van der Waals surface area contributed by atoms with E-state index in [9.17, 15) is 0 Å². The molecule has 0 radical (unpaired) electrons. The van der Waals surface area contributed by atoms with Crippen LogP contribution in [0.1, 0.15) is 18.2 Å². The first-order valence-corrected chi connectivity index (χ1v) is 3.34. The average Bonchev–Trinajstić information content (AvgIpc) is 2.38. The molecule has 0 saturated carbocycles. The number of nitrogens with one attached hydrogen (secondary N) is 1. The fourth-order valence-electron chi connectivity index (χ4n) is 0.881. The van der Waals surface area contributed by atoms with Crippen LogP contribution in [0.5, 0.6) is 0 Å². The van der Waals surface area contributed by atoms with Crippen molar-refractivity contribution in [3.8, 4) is 0 Å². The van der Waals surface area contributed by atoms with Gasteiger partial charge in [0.05, 0.1) is 0 Å². The van der Waals surface area contributed by atoms with E-state index in [1.165, 1.54) is 0 Å². The van der Waals surface area contributed by atoms with E-state index < -0.39 is 0 Å². The Morgan fingerprint density at radius 2 is 2.60 bits per heavy atom. The van der Waals surface area contributed by atoms with Gasteiger partial charge in [-0.15, -0.1) is 6.58 Å². The molecule has 3 N–H and O–H groups in total. The fourth-order valence-corrected chi connectivity index (χ4v) is 0.881. The van der Waals surface area contributed by atoms with Crippen LogP contribution < -0.4 is 5.73 Å². The molecule has 0 amide bonds. The molecule has 0 aliphatic heterocycles. The number of H-pyrrole nitrogens is 1. The Labute approximate surface area is 60.8 Å². The minimum absolute atomic E-state index is 0.0764. The summed E-state index contributed by atoms with van der Waals surface area (Å²) in [4.78, 5) is 3.05. The predicted octanol–water partition coefficient (Wildman–Crippen LogP) is 1.59. The van der Waals surface area contributed by atoms with E-state index in [0.29, 0.717) is 0 Å². The lowest BCUT2D eigenvalue weighted by atomic mass is 10.1. The number of aromatic nitrogens is 1. The van der Waals surface area contributed by atoms with E-state index in [-0.39, 0.29) is 6.04 Å². The van der Waals surface area contributed by atoms with Crippen LogP contribution >= 0.6 is 0 Å². The highest BCUT2D eigenvalue weighted by Gasteiger charge is 2.01. The summed E-state index contributed by atoms with van der Waals surface area (Å²) in [6, 6.07) is 4.00. The van der Waals surface area contributed by atoms with E-state index in [1.54, 1.807) is 0 Å². The van der Waals surface area contributed by atoms with Gasteiger partial charge in [0.2, 0.25) is 0 Å². The van der Waals surface area contributed by atoms with Crippen molar-refractivity contribution in [3.63, 3.8) is 0 Å². The third kappa shape index (κ3) is 1.48. The molecule has 1 rings (SSSR count). The lowest BCUT2D eigenvalue weighted by Crippen LogP contribution is -2.08. The van der Waals surface area contributed by atoms with Crippen LogP contribution in [0.15, 0.2) is 31.0 Å². The van der Waals surface area contributed by atoms with Crippen LogP contribution in [0.25, 0.3) is 0 Å². The van der Waals surface area contributed by atoms with Gasteiger partial charge in [0.1, 0.15) is 0 Å². The van der Waals surface area contributed by atoms with Gasteiger partial charge < -0.3 is 10.7 Å². The standard InChI is InChI=1S/C8H12N2/c1-2-4-7(9)8-5-3-6-10-8/h2-3,5-7,10H,1,4,9H2. The monoisotopic (exact) mass is 136 g/mol. The van der Waals surface area contributed by atoms with Crippen molar-refractivity contribution in [2.75, 3.05) is 0 Å². The van der Waals surface area contributed by atoms with Gasteiger partial charge in [-0.3, -0.25) is 0 Å². The predicted molar refractivity (Wildman–Crippen MR) is 42.5 cm³/mol. The first-order chi connectivity index (χ1) is 4.84. The minimum Gasteiger partial charge on any atom is -0.364 e. The highest BCUT2D eigenvalue weighted by Crippen LogP contribution is 2.10. The smallest absolute Gasteiger partial charge is 0.0482 e. The molecule has 1 atom stereocenters. The average molecular weight is 136 g/mol. The summed E-state index contributed by atoms with van der Waals surface area (Å²) in [5.41, 5.74) is 6.82. The molecule has 2 heteroatoms. The quantitative estimate of drug-likeness (QED) is 0.609. The topological polar surface area (TPSA) is 41.8 Å². The normalized spacial score (nSPS) is 12.9. The second-order valence-corrected chi connectivity index (χ2v) is 2.26. The molecule has 1 heterocycles. The van der Waals surface area contributed by atoms with Crippen molar-refractivity contribution in [2.45, 2.75) is 12.5 Å². The van der Waals surface area contributed by atoms with Crippen molar-refractivity contribution in [3.05, 3.63) is 36.7 Å². The van der Waals surface area contributed by atoms with Crippen molar-refractivity contribution in [2.24, 2.45) is 5.73 Å². The Balaban J connectivity index is 2.58. The summed E-state index contributed by atoms with van der Waals surface area (Å²) >= 11 is 0. The summed E-state index contributed by atoms with van der Waals surface area (Å²) in [6.45, 7) is 3.62. The van der Waals surface area contributed by atoms with Gasteiger partial charge in [0.15, 0.2) is 0 Å². The summed E-state index contributed by atoms with van der Waals surface area (Å²) in [5, 5.41) is 0. The van der Waals surface area contributed by atoms with Crippen LogP contribution in [-0.2, 0) is 0 Å². The maximum Gasteiger partial charge on any atom is 0.0482 e. The van der Waals surface area contributed by atoms with E-state index in [4.69, 9.17) is 5.73 Å². The largest absolute Gasteiger partial charge is 0.364 e. The zero-order valence-corrected chi connectivity index (χ0v) is 5.88. The molecule has 0 spiro atoms. The number of hydrogen-bond acceptors (Lipinski definition) is 1. The third-order valence-corrected chi connectivity index (χ3v) is 1.44. The van der Waals surface area contributed by atoms with Gasteiger partial charge in [0.25, 0.3) is 0 Å². The van der Waals surface area contributed by atoms with Gasteiger partial charge in [-0.1, -0.05) is 6.08 Å². The molecule has 54 valence electrons. The molecule has 1 aromatic heterocycles. The minimum atomic E-state index is 0.0764. The van der Waals surface area contributed by atoms with Gasteiger partial charge in [-0.2, -0.15) is 0 Å². The van der Waals surface area contributed by atoms with Gasteiger partial charge >= 0.3 is 0 Å². The fraction of sp³-hybridized carbons (Fsp3) is 0.250. The van der Waals surface area contributed by atoms with Gasteiger partial charge in [-0.25, -0.2) is 0 Å². The molecule has 0 saturated heterocycles. The van der Waals surface area contributed by atoms with Gasteiger partial charge in [0, 0.05) is 17.9 Å². The SMILES string of the molecule is C=CCC(N)c1ccc[nH]1. The van der Waals surface area contributed by atoms with Crippen molar-refractivity contribution in [1.82, 2.24) is 4.98 Å². The zero-order chi connectivity index (χ0) is 7.40. The second kappa shape index (κ2) is 3.22. The molecule has 2 nitrogen and oxygen atoms in total. The lowest BCUT2D eigenvalue weighted by Gasteiger charge is -2.04. The Bertz CT molecular complexity index is 189. The van der Waals surface area contributed by atoms with Crippen LogP contribution in [-0.4, -0.2) is 4.98 Å². The summed E-state index contributed by atoms with van der Waals surface area (Å²) in [6.07, 6.45) is 4.52. The van der Waals surface area contributed by atoms with Crippen molar-refractivity contribution in [1.29, 1.82) is 0 Å². The maximum atomic E-state index is 5.75. The van der Waals surface area contributed by atoms with Crippen LogP contribution in [0.4, 0.5) is 0 Å². The summed E-state index contributed by atoms with van der Waals surface area (Å²) in [5.74, 6) is 0. The second-order valence-electron chi connectivity index (χ2n) is 2.26. The molecule has 1 aromatic rings. The molecule has 0 fully saturated rings. The maximum absolute atomic E-state index is 5.75. The number of hydrogen-bond donors (Lipinski definition) is 2. The molecular weight excluding hydrogens is 124 g/mol. The highest BCUT2D eigenvalue weighted by atomic mass is 14.8. The summed E-state index contributed by atoms with van der Waals surface area (Å²) < 4.78 is 0. The number of aromatic amines is 1. The first-order valence-electron chi connectivity index (χ1n) is 3.34. The molecule has 0 aliphatic carbocycles. The van der Waals surface area contributed by atoms with E-state index in [1.807, 2.05) is 24.4 Å². The van der Waals surface area contributed by atoms with Crippen LogP contribution in [0.2, 0.25) is 0 Å². The molecule has 0 aromatic carbocycles. The Hall–Kier alpha value is -1.02.